The summed E-state index contributed by atoms with van der Waals surface area (Å²) in [5.74, 6) is 0.718. The van der Waals surface area contributed by atoms with Crippen molar-refractivity contribution < 1.29 is 0 Å². The minimum atomic E-state index is 0.689. The van der Waals surface area contributed by atoms with Crippen LogP contribution in [0.5, 0.6) is 0 Å². The lowest BCUT2D eigenvalue weighted by atomic mass is 9.93. The zero-order chi connectivity index (χ0) is 13.1. The van der Waals surface area contributed by atoms with E-state index < -0.39 is 0 Å². The molecule has 2 nitrogen and oxygen atoms in total. The Morgan fingerprint density at radius 3 is 2.89 bits per heavy atom. The van der Waals surface area contributed by atoms with Gasteiger partial charge in [0.1, 0.15) is 0 Å². The van der Waals surface area contributed by atoms with Gasteiger partial charge in [-0.25, -0.2) is 0 Å². The van der Waals surface area contributed by atoms with Gasteiger partial charge in [0.05, 0.1) is 0 Å². The first kappa shape index (κ1) is 14.1. The maximum atomic E-state index is 3.60. The Labute approximate surface area is 124 Å². The van der Waals surface area contributed by atoms with Crippen LogP contribution in [0.1, 0.15) is 25.8 Å². The van der Waals surface area contributed by atoms with Crippen LogP contribution in [0.15, 0.2) is 18.2 Å². The topological polar surface area (TPSA) is 15.3 Å². The van der Waals surface area contributed by atoms with Crippen LogP contribution in [0.25, 0.3) is 0 Å². The number of nitrogens with one attached hydrogen (secondary N) is 1. The third kappa shape index (κ3) is 2.99. The summed E-state index contributed by atoms with van der Waals surface area (Å²) in [6, 6.07) is 7.31. The molecule has 18 heavy (non-hydrogen) atoms. The third-order valence-corrected chi connectivity index (χ3v) is 5.12. The van der Waals surface area contributed by atoms with Crippen LogP contribution in [0.4, 0.5) is 5.69 Å². The van der Waals surface area contributed by atoms with Crippen molar-refractivity contribution in [1.82, 2.24) is 5.32 Å². The average Bonchev–Trinajstić information content (AvgIpc) is 2.35. The zero-order valence-corrected chi connectivity index (χ0v) is 13.7. The summed E-state index contributed by atoms with van der Waals surface area (Å²) < 4.78 is 1.37. The minimum absolute atomic E-state index is 0.689. The largest absolute Gasteiger partial charge is 0.371 e. The molecule has 0 aliphatic carbocycles. The molecule has 1 aromatic rings. The summed E-state index contributed by atoms with van der Waals surface area (Å²) in [7, 11) is 0. The molecule has 0 aromatic heterocycles. The van der Waals surface area contributed by atoms with E-state index in [2.05, 4.69) is 71.8 Å². The minimum Gasteiger partial charge on any atom is -0.371 e. The summed E-state index contributed by atoms with van der Waals surface area (Å²) >= 11 is 2.43. The van der Waals surface area contributed by atoms with Gasteiger partial charge in [-0.1, -0.05) is 19.9 Å². The van der Waals surface area contributed by atoms with E-state index in [1.54, 1.807) is 0 Å². The molecule has 1 heterocycles. The van der Waals surface area contributed by atoms with Gasteiger partial charge >= 0.3 is 0 Å². The lowest BCUT2D eigenvalue weighted by Gasteiger charge is -2.39. The van der Waals surface area contributed by atoms with Gasteiger partial charge in [0.25, 0.3) is 0 Å². The van der Waals surface area contributed by atoms with E-state index in [9.17, 15) is 0 Å². The Balaban J connectivity index is 2.10. The predicted octanol–water partition coefficient (Wildman–Crippen LogP) is 3.42. The smallest absolute Gasteiger partial charge is 0.0406 e. The number of benzene rings is 1. The normalized spacial score (nSPS) is 24.3. The first-order chi connectivity index (χ1) is 8.63. The number of hydrogen-bond acceptors (Lipinski definition) is 2. The fourth-order valence-corrected chi connectivity index (χ4v) is 3.35. The number of hydrogen-bond donors (Lipinski definition) is 1. The molecular weight excluding hydrogens is 335 g/mol. The van der Waals surface area contributed by atoms with E-state index in [-0.39, 0.29) is 0 Å². The molecule has 2 rings (SSSR count). The predicted molar refractivity (Wildman–Crippen MR) is 87.4 cm³/mol. The van der Waals surface area contributed by atoms with Crippen molar-refractivity contribution in [1.29, 1.82) is 0 Å². The number of nitrogens with zero attached hydrogens (tertiary/aromatic N) is 1. The third-order valence-electron chi connectivity index (χ3n) is 3.95. The van der Waals surface area contributed by atoms with E-state index in [0.29, 0.717) is 6.04 Å². The van der Waals surface area contributed by atoms with Crippen LogP contribution in [-0.4, -0.2) is 25.7 Å². The van der Waals surface area contributed by atoms with Crippen molar-refractivity contribution in [3.63, 3.8) is 0 Å². The Kier molecular flexibility index (Phi) is 4.90. The highest BCUT2D eigenvalue weighted by atomic mass is 127. The summed E-state index contributed by atoms with van der Waals surface area (Å²) in [5.41, 5.74) is 2.84. The van der Waals surface area contributed by atoms with E-state index in [1.165, 1.54) is 34.3 Å². The van der Waals surface area contributed by atoms with Crippen molar-refractivity contribution in [2.24, 2.45) is 5.92 Å². The summed E-state index contributed by atoms with van der Waals surface area (Å²) in [6.07, 6.45) is 1.25. The SMILES string of the molecule is CCNC1CCN(c2cccc(I)c2C)CC1C. The molecule has 0 spiro atoms. The highest BCUT2D eigenvalue weighted by Gasteiger charge is 2.26. The van der Waals surface area contributed by atoms with Crippen LogP contribution in [0, 0.1) is 16.4 Å². The van der Waals surface area contributed by atoms with Crippen molar-refractivity contribution in [3.05, 3.63) is 27.3 Å². The molecule has 2 atom stereocenters. The standard InChI is InChI=1S/C15H23IN2/c1-4-17-14-8-9-18(10-11(14)2)15-7-5-6-13(16)12(15)3/h5-7,11,14,17H,4,8-10H2,1-3H3. The van der Waals surface area contributed by atoms with Gasteiger partial charge in [-0.3, -0.25) is 0 Å². The first-order valence-corrected chi connectivity index (χ1v) is 7.94. The second-order valence-electron chi connectivity index (χ2n) is 5.26. The first-order valence-electron chi connectivity index (χ1n) is 6.87. The van der Waals surface area contributed by atoms with Gasteiger partial charge in [-0.2, -0.15) is 0 Å². The molecule has 2 unspecified atom stereocenters. The lowest BCUT2D eigenvalue weighted by molar-refractivity contribution is 0.326. The van der Waals surface area contributed by atoms with Crippen LogP contribution >= 0.6 is 22.6 Å². The summed E-state index contributed by atoms with van der Waals surface area (Å²) in [4.78, 5) is 2.55. The number of anilines is 1. The van der Waals surface area contributed by atoms with Crippen LogP contribution in [0.2, 0.25) is 0 Å². The maximum Gasteiger partial charge on any atom is 0.0406 e. The van der Waals surface area contributed by atoms with Crippen LogP contribution in [-0.2, 0) is 0 Å². The Morgan fingerprint density at radius 2 is 2.22 bits per heavy atom. The van der Waals surface area contributed by atoms with Gasteiger partial charge in [-0.05, 0) is 66.1 Å². The molecule has 0 radical (unpaired) electrons. The van der Waals surface area contributed by atoms with Gasteiger partial charge in [0.15, 0.2) is 0 Å². The summed E-state index contributed by atoms with van der Waals surface area (Å²) in [5, 5.41) is 3.60. The van der Waals surface area contributed by atoms with Gasteiger partial charge in [-0.15, -0.1) is 0 Å². The Hall–Kier alpha value is -0.290. The molecule has 1 aromatic carbocycles. The lowest BCUT2D eigenvalue weighted by Crippen LogP contribution is -2.48. The molecule has 100 valence electrons. The summed E-state index contributed by atoms with van der Waals surface area (Å²) in [6.45, 7) is 10.2. The molecule has 1 N–H and O–H groups in total. The molecular formula is C15H23IN2. The second-order valence-corrected chi connectivity index (χ2v) is 6.42. The Morgan fingerprint density at radius 1 is 1.44 bits per heavy atom. The Bertz CT molecular complexity index is 405. The molecule has 1 saturated heterocycles. The maximum absolute atomic E-state index is 3.60. The van der Waals surface area contributed by atoms with E-state index >= 15 is 0 Å². The van der Waals surface area contributed by atoms with Gasteiger partial charge in [0.2, 0.25) is 0 Å². The zero-order valence-electron chi connectivity index (χ0n) is 11.5. The van der Waals surface area contributed by atoms with Crippen molar-refractivity contribution in [2.45, 2.75) is 33.2 Å². The van der Waals surface area contributed by atoms with Crippen molar-refractivity contribution in [2.75, 3.05) is 24.5 Å². The number of rotatable bonds is 3. The van der Waals surface area contributed by atoms with Crippen molar-refractivity contribution >= 4 is 28.3 Å². The van der Waals surface area contributed by atoms with E-state index in [0.717, 1.165) is 12.5 Å². The van der Waals surface area contributed by atoms with E-state index in [4.69, 9.17) is 0 Å². The number of piperidine rings is 1. The highest BCUT2D eigenvalue weighted by molar-refractivity contribution is 14.1. The van der Waals surface area contributed by atoms with Gasteiger partial charge in [0, 0.05) is 28.4 Å². The highest BCUT2D eigenvalue weighted by Crippen LogP contribution is 2.28. The van der Waals surface area contributed by atoms with E-state index in [1.807, 2.05) is 0 Å². The van der Waals surface area contributed by atoms with Gasteiger partial charge < -0.3 is 10.2 Å². The molecule has 0 amide bonds. The molecule has 3 heteroatoms. The monoisotopic (exact) mass is 358 g/mol. The molecule has 1 fully saturated rings. The van der Waals surface area contributed by atoms with Crippen LogP contribution in [0.3, 0.4) is 0 Å². The fourth-order valence-electron chi connectivity index (χ4n) is 2.87. The molecule has 0 saturated carbocycles. The average molecular weight is 358 g/mol. The fraction of sp³-hybridized carbons (Fsp3) is 0.600. The quantitative estimate of drug-likeness (QED) is 0.833. The second kappa shape index (κ2) is 6.24. The van der Waals surface area contributed by atoms with Crippen molar-refractivity contribution in [3.8, 4) is 0 Å². The molecule has 0 bridgehead atoms. The molecule has 1 aliphatic heterocycles. The molecule has 1 aliphatic rings. The van der Waals surface area contributed by atoms with Crippen LogP contribution < -0.4 is 10.2 Å². The number of halogens is 1.